The Kier molecular flexibility index (Phi) is 6.30. The van der Waals surface area contributed by atoms with Crippen molar-refractivity contribution in [3.8, 4) is 0 Å². The van der Waals surface area contributed by atoms with Gasteiger partial charge in [0.25, 0.3) is 0 Å². The summed E-state index contributed by atoms with van der Waals surface area (Å²) in [7, 11) is 0. The van der Waals surface area contributed by atoms with Gasteiger partial charge in [-0.05, 0) is 62.3 Å². The molecule has 22 heavy (non-hydrogen) atoms. The van der Waals surface area contributed by atoms with Crippen molar-refractivity contribution < 1.29 is 4.74 Å². The monoisotopic (exact) mass is 322 g/mol. The van der Waals surface area contributed by atoms with Gasteiger partial charge in [-0.25, -0.2) is 0 Å². The average molecular weight is 323 g/mol. The normalized spacial score (nSPS) is 23.5. The van der Waals surface area contributed by atoms with Crippen molar-refractivity contribution in [2.45, 2.75) is 58.2 Å². The minimum atomic E-state index is 0.465. The summed E-state index contributed by atoms with van der Waals surface area (Å²) in [5.74, 6) is 0. The summed E-state index contributed by atoms with van der Waals surface area (Å²) in [5, 5.41) is 2.36. The molecule has 2 fully saturated rings. The maximum atomic E-state index is 5.78. The van der Waals surface area contributed by atoms with Crippen molar-refractivity contribution in [3.63, 3.8) is 0 Å². The molecule has 2 saturated heterocycles. The molecule has 0 unspecified atom stereocenters. The van der Waals surface area contributed by atoms with Crippen LogP contribution in [-0.2, 0) is 17.8 Å². The lowest BCUT2D eigenvalue weighted by Crippen LogP contribution is -2.31. The lowest BCUT2D eigenvalue weighted by atomic mass is 10.1. The van der Waals surface area contributed by atoms with E-state index < -0.39 is 0 Å². The Balaban J connectivity index is 1.48. The van der Waals surface area contributed by atoms with Gasteiger partial charge >= 0.3 is 0 Å². The van der Waals surface area contributed by atoms with Crippen LogP contribution in [0.3, 0.4) is 0 Å². The molecular weight excluding hydrogens is 292 g/mol. The van der Waals surface area contributed by atoms with E-state index in [9.17, 15) is 0 Å². The molecule has 2 aliphatic heterocycles. The van der Waals surface area contributed by atoms with Gasteiger partial charge in [-0.2, -0.15) is 0 Å². The van der Waals surface area contributed by atoms with Crippen molar-refractivity contribution in [1.29, 1.82) is 0 Å². The Morgan fingerprint density at radius 2 is 2.14 bits per heavy atom. The summed E-state index contributed by atoms with van der Waals surface area (Å²) in [4.78, 5) is 6.65. The number of likely N-dealkylation sites (N-methyl/N-ethyl adjacent to an activating group) is 1. The topological polar surface area (TPSA) is 15.7 Å². The highest BCUT2D eigenvalue weighted by Gasteiger charge is 2.19. The molecule has 1 atom stereocenters. The first kappa shape index (κ1) is 16.4. The van der Waals surface area contributed by atoms with Crippen molar-refractivity contribution in [1.82, 2.24) is 9.80 Å². The van der Waals surface area contributed by atoms with Gasteiger partial charge < -0.3 is 4.74 Å². The molecule has 3 rings (SSSR count). The molecule has 124 valence electrons. The molecule has 1 aromatic heterocycles. The number of nitrogens with zero attached hydrogens (tertiary/aromatic N) is 2. The van der Waals surface area contributed by atoms with Crippen LogP contribution in [0.5, 0.6) is 0 Å². The first-order valence-electron chi connectivity index (χ1n) is 8.96. The molecule has 0 aliphatic carbocycles. The summed E-state index contributed by atoms with van der Waals surface area (Å²) in [6.45, 7) is 10.2. The second-order valence-corrected chi connectivity index (χ2v) is 7.72. The van der Waals surface area contributed by atoms with Crippen LogP contribution in [0.2, 0.25) is 0 Å². The third-order valence-electron chi connectivity index (χ3n) is 4.88. The number of ether oxygens (including phenoxy) is 1. The molecule has 0 saturated carbocycles. The van der Waals surface area contributed by atoms with E-state index in [0.717, 1.165) is 32.8 Å². The third kappa shape index (κ3) is 4.79. The highest BCUT2D eigenvalue weighted by molar-refractivity contribution is 7.10. The standard InChI is InChI=1S/C18H30N2OS/c1-2-19(13-17-7-6-10-21-17)14-18-11-16(15-22-18)12-20-8-4-3-5-9-20/h11,15,17H,2-10,12-14H2,1H3/t17-/m1/s1. The van der Waals surface area contributed by atoms with Crippen LogP contribution in [0.15, 0.2) is 11.4 Å². The number of rotatable bonds is 7. The highest BCUT2D eigenvalue weighted by Crippen LogP contribution is 2.21. The van der Waals surface area contributed by atoms with Gasteiger partial charge in [0, 0.05) is 31.1 Å². The molecular formula is C18H30N2OS. The van der Waals surface area contributed by atoms with Crippen molar-refractivity contribution in [2.24, 2.45) is 0 Å². The van der Waals surface area contributed by atoms with Crippen LogP contribution >= 0.6 is 11.3 Å². The van der Waals surface area contributed by atoms with E-state index in [2.05, 4.69) is 28.2 Å². The van der Waals surface area contributed by atoms with Gasteiger partial charge in [0.2, 0.25) is 0 Å². The first-order valence-corrected chi connectivity index (χ1v) is 9.84. The summed E-state index contributed by atoms with van der Waals surface area (Å²) < 4.78 is 5.78. The largest absolute Gasteiger partial charge is 0.377 e. The van der Waals surface area contributed by atoms with E-state index >= 15 is 0 Å². The molecule has 3 heterocycles. The third-order valence-corrected chi connectivity index (χ3v) is 5.85. The lowest BCUT2D eigenvalue weighted by molar-refractivity contribution is 0.0728. The summed E-state index contributed by atoms with van der Waals surface area (Å²) >= 11 is 1.93. The molecule has 0 N–H and O–H groups in total. The number of hydrogen-bond donors (Lipinski definition) is 0. The molecule has 0 aromatic carbocycles. The first-order chi connectivity index (χ1) is 10.8. The minimum absolute atomic E-state index is 0.465. The van der Waals surface area contributed by atoms with Crippen LogP contribution in [-0.4, -0.2) is 48.7 Å². The summed E-state index contributed by atoms with van der Waals surface area (Å²) in [6, 6.07) is 2.43. The smallest absolute Gasteiger partial charge is 0.0702 e. The average Bonchev–Trinajstić information content (AvgIpc) is 3.20. The van der Waals surface area contributed by atoms with Gasteiger partial charge in [-0.3, -0.25) is 9.80 Å². The number of hydrogen-bond acceptors (Lipinski definition) is 4. The fraction of sp³-hybridized carbons (Fsp3) is 0.778. The molecule has 1 aromatic rings. The van der Waals surface area contributed by atoms with Crippen LogP contribution in [0.25, 0.3) is 0 Å². The molecule has 4 heteroatoms. The van der Waals surface area contributed by atoms with E-state index in [0.29, 0.717) is 6.10 Å². The Bertz CT molecular complexity index is 436. The van der Waals surface area contributed by atoms with E-state index in [1.165, 1.54) is 55.6 Å². The zero-order valence-electron chi connectivity index (χ0n) is 13.9. The van der Waals surface area contributed by atoms with Crippen LogP contribution < -0.4 is 0 Å². The van der Waals surface area contributed by atoms with E-state index in [4.69, 9.17) is 4.74 Å². The predicted molar refractivity (Wildman–Crippen MR) is 93.4 cm³/mol. The molecule has 0 amide bonds. The summed E-state index contributed by atoms with van der Waals surface area (Å²) in [6.07, 6.45) is 7.11. The van der Waals surface area contributed by atoms with E-state index in [1.54, 1.807) is 0 Å². The minimum Gasteiger partial charge on any atom is -0.377 e. The van der Waals surface area contributed by atoms with Crippen LogP contribution in [0.4, 0.5) is 0 Å². The second-order valence-electron chi connectivity index (χ2n) is 6.72. The molecule has 2 aliphatic rings. The van der Waals surface area contributed by atoms with Gasteiger partial charge in [0.05, 0.1) is 6.10 Å². The number of likely N-dealkylation sites (tertiary alicyclic amines) is 1. The highest BCUT2D eigenvalue weighted by atomic mass is 32.1. The van der Waals surface area contributed by atoms with Crippen LogP contribution in [0.1, 0.15) is 49.5 Å². The molecule has 0 bridgehead atoms. The zero-order valence-corrected chi connectivity index (χ0v) is 14.7. The van der Waals surface area contributed by atoms with Crippen molar-refractivity contribution >= 4 is 11.3 Å². The van der Waals surface area contributed by atoms with Gasteiger partial charge in [0.1, 0.15) is 0 Å². The van der Waals surface area contributed by atoms with Crippen molar-refractivity contribution in [3.05, 3.63) is 21.9 Å². The fourth-order valence-electron chi connectivity index (χ4n) is 3.57. The van der Waals surface area contributed by atoms with Gasteiger partial charge in [0.15, 0.2) is 0 Å². The maximum Gasteiger partial charge on any atom is 0.0702 e. The van der Waals surface area contributed by atoms with Crippen LogP contribution in [0, 0.1) is 0 Å². The number of piperidine rings is 1. The summed E-state index contributed by atoms with van der Waals surface area (Å²) in [5.41, 5.74) is 1.51. The lowest BCUT2D eigenvalue weighted by Gasteiger charge is -2.25. The van der Waals surface area contributed by atoms with E-state index in [1.807, 2.05) is 11.3 Å². The van der Waals surface area contributed by atoms with Gasteiger partial charge in [-0.1, -0.05) is 13.3 Å². The SMILES string of the molecule is CCN(Cc1cc(CN2CCCCC2)cs1)C[C@H]1CCCO1. The maximum absolute atomic E-state index is 5.78. The predicted octanol–water partition coefficient (Wildman–Crippen LogP) is 3.73. The molecule has 0 spiro atoms. The second kappa shape index (κ2) is 8.44. The Labute approximate surface area is 139 Å². The Morgan fingerprint density at radius 3 is 2.86 bits per heavy atom. The Hall–Kier alpha value is -0.420. The van der Waals surface area contributed by atoms with Crippen molar-refractivity contribution in [2.75, 3.05) is 32.8 Å². The number of thiophene rings is 1. The zero-order chi connectivity index (χ0) is 15.2. The van der Waals surface area contributed by atoms with E-state index in [-0.39, 0.29) is 0 Å². The Morgan fingerprint density at radius 1 is 1.27 bits per heavy atom. The molecule has 0 radical (unpaired) electrons. The fourth-order valence-corrected chi connectivity index (χ4v) is 4.49. The quantitative estimate of drug-likeness (QED) is 0.760. The van der Waals surface area contributed by atoms with Gasteiger partial charge in [-0.15, -0.1) is 11.3 Å². The molecule has 3 nitrogen and oxygen atoms in total.